The van der Waals surface area contributed by atoms with Gasteiger partial charge in [0.2, 0.25) is 0 Å². The Morgan fingerprint density at radius 3 is 2.89 bits per heavy atom. The van der Waals surface area contributed by atoms with Gasteiger partial charge in [-0.3, -0.25) is 4.79 Å². The van der Waals surface area contributed by atoms with Crippen LogP contribution in [-0.4, -0.2) is 47.1 Å². The summed E-state index contributed by atoms with van der Waals surface area (Å²) in [5.74, 6) is 0.393. The van der Waals surface area contributed by atoms with Crippen LogP contribution < -0.4 is 5.32 Å². The molecule has 1 aromatic heterocycles. The number of nitrogens with zero attached hydrogens (tertiary/aromatic N) is 2. The molecule has 2 N–H and O–H groups in total. The van der Waals surface area contributed by atoms with Crippen LogP contribution in [0, 0.1) is 0 Å². The second-order valence-corrected chi connectivity index (χ2v) is 4.94. The van der Waals surface area contributed by atoms with E-state index >= 15 is 0 Å². The molecule has 1 heterocycles. The van der Waals surface area contributed by atoms with Crippen molar-refractivity contribution >= 4 is 27.7 Å². The fraction of sp³-hybridized carbons (Fsp3) is 0.500. The Balaban J connectivity index is 3.06. The summed E-state index contributed by atoms with van der Waals surface area (Å²) in [6.07, 6.45) is 1.64. The predicted molar refractivity (Wildman–Crippen MR) is 74.7 cm³/mol. The van der Waals surface area contributed by atoms with Crippen LogP contribution in [0.1, 0.15) is 24.2 Å². The summed E-state index contributed by atoms with van der Waals surface area (Å²) >= 11 is 3.31. The highest BCUT2D eigenvalue weighted by Gasteiger charge is 2.20. The highest BCUT2D eigenvalue weighted by atomic mass is 79.9. The zero-order valence-corrected chi connectivity index (χ0v) is 12.4. The molecule has 18 heavy (non-hydrogen) atoms. The molecule has 1 rings (SSSR count). The molecule has 0 saturated carbocycles. The molecular weight excluding hydrogens is 298 g/mol. The molecule has 100 valence electrons. The highest BCUT2D eigenvalue weighted by molar-refractivity contribution is 9.10. The number of aliphatic hydroxyl groups is 1. The van der Waals surface area contributed by atoms with Crippen LogP contribution >= 0.6 is 15.9 Å². The first kappa shape index (κ1) is 14.9. The Morgan fingerprint density at radius 1 is 1.67 bits per heavy atom. The number of amides is 1. The van der Waals surface area contributed by atoms with E-state index < -0.39 is 0 Å². The minimum Gasteiger partial charge on any atom is -0.394 e. The topological polar surface area (TPSA) is 65.5 Å². The minimum atomic E-state index is -0.231. The van der Waals surface area contributed by atoms with Crippen LogP contribution in [0.25, 0.3) is 0 Å². The van der Waals surface area contributed by atoms with E-state index in [2.05, 4.69) is 26.2 Å². The number of halogens is 1. The van der Waals surface area contributed by atoms with E-state index in [4.69, 9.17) is 5.11 Å². The summed E-state index contributed by atoms with van der Waals surface area (Å²) in [5.41, 5.74) is 0.494. The molecule has 0 aliphatic heterocycles. The number of pyridine rings is 1. The first-order chi connectivity index (χ1) is 8.51. The van der Waals surface area contributed by atoms with Crippen molar-refractivity contribution in [3.63, 3.8) is 0 Å². The number of carbonyl (C=O) groups excluding carboxylic acids is 1. The predicted octanol–water partition coefficient (Wildman–Crippen LogP) is 1.73. The van der Waals surface area contributed by atoms with Crippen LogP contribution in [0.3, 0.4) is 0 Å². The molecule has 6 heteroatoms. The Bertz CT molecular complexity index is 426. The molecule has 1 unspecified atom stereocenters. The van der Waals surface area contributed by atoms with Gasteiger partial charge in [0.15, 0.2) is 0 Å². The molecular formula is C12H18BrN3O2. The standard InChI is InChI=1S/C12H18BrN3O2/c1-4-14-11-10(5-9(13)6-15-11)12(18)16(3)8(2)7-17/h5-6,8,17H,4,7H2,1-3H3,(H,14,15). The van der Waals surface area contributed by atoms with Crippen molar-refractivity contribution in [2.45, 2.75) is 19.9 Å². The van der Waals surface area contributed by atoms with Crippen molar-refractivity contribution in [1.82, 2.24) is 9.88 Å². The Kier molecular flexibility index (Phi) is 5.55. The van der Waals surface area contributed by atoms with Crippen molar-refractivity contribution in [2.24, 2.45) is 0 Å². The maximum atomic E-state index is 12.3. The highest BCUT2D eigenvalue weighted by Crippen LogP contribution is 2.20. The van der Waals surface area contributed by atoms with E-state index in [9.17, 15) is 4.79 Å². The first-order valence-electron chi connectivity index (χ1n) is 5.78. The summed E-state index contributed by atoms with van der Waals surface area (Å²) < 4.78 is 0.748. The number of likely N-dealkylation sites (N-methyl/N-ethyl adjacent to an activating group) is 1. The maximum Gasteiger partial charge on any atom is 0.257 e. The maximum absolute atomic E-state index is 12.3. The van der Waals surface area contributed by atoms with Gasteiger partial charge in [-0.05, 0) is 35.8 Å². The molecule has 5 nitrogen and oxygen atoms in total. The average molecular weight is 316 g/mol. The zero-order valence-electron chi connectivity index (χ0n) is 10.8. The molecule has 1 aromatic rings. The fourth-order valence-electron chi connectivity index (χ4n) is 1.42. The summed E-state index contributed by atoms with van der Waals surface area (Å²) in [7, 11) is 1.67. The van der Waals surface area contributed by atoms with Gasteiger partial charge >= 0.3 is 0 Å². The first-order valence-corrected chi connectivity index (χ1v) is 6.58. The molecule has 0 fully saturated rings. The number of rotatable bonds is 5. The Labute approximate surface area is 115 Å². The van der Waals surface area contributed by atoms with Crippen molar-refractivity contribution in [3.05, 3.63) is 22.3 Å². The smallest absolute Gasteiger partial charge is 0.257 e. The van der Waals surface area contributed by atoms with Crippen LogP contribution in [0.4, 0.5) is 5.82 Å². The summed E-state index contributed by atoms with van der Waals surface area (Å²) in [6.45, 7) is 4.35. The van der Waals surface area contributed by atoms with E-state index in [1.54, 1.807) is 26.2 Å². The van der Waals surface area contributed by atoms with Gasteiger partial charge < -0.3 is 15.3 Å². The molecule has 1 atom stereocenters. The van der Waals surface area contributed by atoms with Crippen LogP contribution in [0.15, 0.2) is 16.7 Å². The Morgan fingerprint density at radius 2 is 2.33 bits per heavy atom. The van der Waals surface area contributed by atoms with Gasteiger partial charge in [-0.25, -0.2) is 4.98 Å². The lowest BCUT2D eigenvalue weighted by molar-refractivity contribution is 0.0682. The van der Waals surface area contributed by atoms with Crippen molar-refractivity contribution in [1.29, 1.82) is 0 Å². The van der Waals surface area contributed by atoms with Gasteiger partial charge in [0.25, 0.3) is 5.91 Å². The number of anilines is 1. The normalized spacial score (nSPS) is 12.1. The van der Waals surface area contributed by atoms with Gasteiger partial charge in [-0.2, -0.15) is 0 Å². The molecule has 0 radical (unpaired) electrons. The summed E-state index contributed by atoms with van der Waals surface area (Å²) in [5, 5.41) is 12.1. The molecule has 0 saturated heterocycles. The fourth-order valence-corrected chi connectivity index (χ4v) is 1.75. The van der Waals surface area contributed by atoms with Crippen molar-refractivity contribution in [3.8, 4) is 0 Å². The van der Waals surface area contributed by atoms with E-state index in [-0.39, 0.29) is 18.6 Å². The third-order valence-corrected chi connectivity index (χ3v) is 3.11. The molecule has 1 amide bonds. The van der Waals surface area contributed by atoms with E-state index in [1.165, 1.54) is 4.90 Å². The van der Waals surface area contributed by atoms with E-state index in [0.29, 0.717) is 17.9 Å². The zero-order chi connectivity index (χ0) is 13.7. The molecule has 0 spiro atoms. The van der Waals surface area contributed by atoms with E-state index in [0.717, 1.165) is 4.47 Å². The SMILES string of the molecule is CCNc1ncc(Br)cc1C(=O)N(C)C(C)CO. The van der Waals surface area contributed by atoms with Crippen molar-refractivity contribution < 1.29 is 9.90 Å². The van der Waals surface area contributed by atoms with Crippen LogP contribution in [0.5, 0.6) is 0 Å². The summed E-state index contributed by atoms with van der Waals surface area (Å²) in [6, 6.07) is 1.50. The largest absolute Gasteiger partial charge is 0.394 e. The van der Waals surface area contributed by atoms with Gasteiger partial charge in [0.1, 0.15) is 5.82 Å². The van der Waals surface area contributed by atoms with Crippen LogP contribution in [0.2, 0.25) is 0 Å². The lowest BCUT2D eigenvalue weighted by atomic mass is 10.2. The molecule has 0 aliphatic rings. The third kappa shape index (κ3) is 3.43. The van der Waals surface area contributed by atoms with Gasteiger partial charge in [-0.15, -0.1) is 0 Å². The van der Waals surface area contributed by atoms with Gasteiger partial charge in [0, 0.05) is 24.3 Å². The second kappa shape index (κ2) is 6.70. The molecule has 0 bridgehead atoms. The second-order valence-electron chi connectivity index (χ2n) is 4.03. The number of carbonyl (C=O) groups is 1. The Hall–Kier alpha value is -1.14. The minimum absolute atomic E-state index is 0.0692. The lowest BCUT2D eigenvalue weighted by Gasteiger charge is -2.24. The number of hydrogen-bond acceptors (Lipinski definition) is 4. The van der Waals surface area contributed by atoms with E-state index in [1.807, 2.05) is 6.92 Å². The molecule has 0 aromatic carbocycles. The monoisotopic (exact) mass is 315 g/mol. The lowest BCUT2D eigenvalue weighted by Crippen LogP contribution is -2.37. The number of aromatic nitrogens is 1. The van der Waals surface area contributed by atoms with Gasteiger partial charge in [0.05, 0.1) is 18.2 Å². The third-order valence-electron chi connectivity index (χ3n) is 2.67. The summed E-state index contributed by atoms with van der Waals surface area (Å²) in [4.78, 5) is 18.0. The van der Waals surface area contributed by atoms with Gasteiger partial charge in [-0.1, -0.05) is 0 Å². The van der Waals surface area contributed by atoms with Crippen molar-refractivity contribution in [2.75, 3.05) is 25.5 Å². The number of hydrogen-bond donors (Lipinski definition) is 2. The number of nitrogens with one attached hydrogen (secondary N) is 1. The quantitative estimate of drug-likeness (QED) is 0.868. The molecule has 0 aliphatic carbocycles. The number of aliphatic hydroxyl groups excluding tert-OH is 1. The van der Waals surface area contributed by atoms with Crippen LogP contribution in [-0.2, 0) is 0 Å². The average Bonchev–Trinajstić information content (AvgIpc) is 2.38.